The number of hydrogen-bond donors (Lipinski definition) is 2. The van der Waals surface area contributed by atoms with Gasteiger partial charge >= 0.3 is 0 Å². The Morgan fingerprint density at radius 3 is 2.71 bits per heavy atom. The Labute approximate surface area is 184 Å². The van der Waals surface area contributed by atoms with Crippen LogP contribution in [0.25, 0.3) is 0 Å². The summed E-state index contributed by atoms with van der Waals surface area (Å²) in [6.07, 6.45) is 1.05. The minimum absolute atomic E-state index is 0. The van der Waals surface area contributed by atoms with Gasteiger partial charge in [0.2, 0.25) is 0 Å². The quantitative estimate of drug-likeness (QED) is 0.366. The molecule has 0 aliphatic carbocycles. The van der Waals surface area contributed by atoms with Crippen molar-refractivity contribution in [3.05, 3.63) is 54.1 Å². The third kappa shape index (κ3) is 5.67. The van der Waals surface area contributed by atoms with Crippen molar-refractivity contribution in [3.63, 3.8) is 0 Å². The van der Waals surface area contributed by atoms with E-state index >= 15 is 0 Å². The van der Waals surface area contributed by atoms with Crippen LogP contribution in [-0.4, -0.2) is 46.4 Å². The molecule has 0 amide bonds. The zero-order chi connectivity index (χ0) is 19.1. The molecule has 1 heterocycles. The Bertz CT molecular complexity index is 785. The third-order valence-corrected chi connectivity index (χ3v) is 4.77. The molecule has 7 heteroatoms. The first-order chi connectivity index (χ1) is 13.2. The van der Waals surface area contributed by atoms with Crippen LogP contribution in [0.1, 0.15) is 12.0 Å². The average molecular weight is 496 g/mol. The molecule has 1 aliphatic heterocycles. The highest BCUT2D eigenvalue weighted by Crippen LogP contribution is 2.30. The fourth-order valence-corrected chi connectivity index (χ4v) is 3.34. The van der Waals surface area contributed by atoms with E-state index < -0.39 is 0 Å². The number of benzene rings is 2. The lowest BCUT2D eigenvalue weighted by atomic mass is 10.2. The number of methoxy groups -OCH3 is 2. The first-order valence-corrected chi connectivity index (χ1v) is 9.21. The van der Waals surface area contributed by atoms with Crippen LogP contribution in [0.5, 0.6) is 11.5 Å². The molecule has 1 aliphatic rings. The molecule has 1 saturated heterocycles. The normalized spacial score (nSPS) is 16.3. The molecule has 152 valence electrons. The lowest BCUT2D eigenvalue weighted by molar-refractivity contribution is 0.414. The van der Waals surface area contributed by atoms with Gasteiger partial charge in [-0.15, -0.1) is 24.0 Å². The summed E-state index contributed by atoms with van der Waals surface area (Å²) in [5, 5.41) is 6.91. The smallest absolute Gasteiger partial charge is 0.191 e. The molecule has 0 spiro atoms. The fraction of sp³-hybridized carbons (Fsp3) is 0.381. The molecule has 1 unspecified atom stereocenters. The van der Waals surface area contributed by atoms with E-state index in [2.05, 4.69) is 32.7 Å². The Morgan fingerprint density at radius 2 is 1.96 bits per heavy atom. The fourth-order valence-electron chi connectivity index (χ4n) is 3.34. The Morgan fingerprint density at radius 1 is 1.14 bits per heavy atom. The molecule has 1 atom stereocenters. The van der Waals surface area contributed by atoms with E-state index in [0.29, 0.717) is 12.6 Å². The van der Waals surface area contributed by atoms with Crippen LogP contribution < -0.4 is 25.0 Å². The average Bonchev–Trinajstić information content (AvgIpc) is 3.19. The van der Waals surface area contributed by atoms with Crippen molar-refractivity contribution >= 4 is 35.6 Å². The first-order valence-electron chi connectivity index (χ1n) is 9.21. The number of halogens is 1. The molecule has 2 aromatic carbocycles. The molecule has 2 aromatic rings. The van der Waals surface area contributed by atoms with E-state index in [0.717, 1.165) is 48.2 Å². The lowest BCUT2D eigenvalue weighted by Crippen LogP contribution is -2.44. The highest BCUT2D eigenvalue weighted by atomic mass is 127. The van der Waals surface area contributed by atoms with Crippen molar-refractivity contribution in [2.75, 3.05) is 39.3 Å². The van der Waals surface area contributed by atoms with Crippen LogP contribution in [0.3, 0.4) is 0 Å². The largest absolute Gasteiger partial charge is 0.497 e. The van der Waals surface area contributed by atoms with Gasteiger partial charge in [-0.2, -0.15) is 0 Å². The van der Waals surface area contributed by atoms with Gasteiger partial charge in [0.05, 0.1) is 19.9 Å². The second kappa shape index (κ2) is 11.0. The van der Waals surface area contributed by atoms with Crippen LogP contribution in [0.4, 0.5) is 5.69 Å². The predicted octanol–water partition coefficient (Wildman–Crippen LogP) is 3.27. The maximum Gasteiger partial charge on any atom is 0.191 e. The lowest BCUT2D eigenvalue weighted by Gasteiger charge is -2.22. The summed E-state index contributed by atoms with van der Waals surface area (Å²) in [4.78, 5) is 6.71. The highest BCUT2D eigenvalue weighted by molar-refractivity contribution is 14.0. The molecule has 0 bridgehead atoms. The number of anilines is 1. The van der Waals surface area contributed by atoms with Crippen LogP contribution in [0.2, 0.25) is 0 Å². The summed E-state index contributed by atoms with van der Waals surface area (Å²) in [5.41, 5.74) is 2.29. The van der Waals surface area contributed by atoms with Crippen molar-refractivity contribution in [3.8, 4) is 11.5 Å². The van der Waals surface area contributed by atoms with Crippen LogP contribution in [0.15, 0.2) is 53.5 Å². The predicted molar refractivity (Wildman–Crippen MR) is 125 cm³/mol. The summed E-state index contributed by atoms with van der Waals surface area (Å²) in [6, 6.07) is 16.5. The van der Waals surface area contributed by atoms with Gasteiger partial charge in [0.25, 0.3) is 0 Å². The summed E-state index contributed by atoms with van der Waals surface area (Å²) in [5.74, 6) is 2.59. The van der Waals surface area contributed by atoms with Crippen LogP contribution >= 0.6 is 24.0 Å². The summed E-state index contributed by atoms with van der Waals surface area (Å²) in [6.45, 7) is 2.60. The number of nitrogens with zero attached hydrogens (tertiary/aromatic N) is 2. The Kier molecular flexibility index (Phi) is 8.69. The Balaban J connectivity index is 0.00000280. The van der Waals surface area contributed by atoms with Gasteiger partial charge in [-0.3, -0.25) is 4.99 Å². The van der Waals surface area contributed by atoms with Gasteiger partial charge in [0.15, 0.2) is 5.96 Å². The maximum absolute atomic E-state index is 5.49. The van der Waals surface area contributed by atoms with Crippen molar-refractivity contribution < 1.29 is 9.47 Å². The molecule has 1 fully saturated rings. The number of nitrogens with one attached hydrogen (secondary N) is 2. The van der Waals surface area contributed by atoms with Gasteiger partial charge in [-0.05, 0) is 36.2 Å². The number of ether oxygens (including phenoxy) is 2. The topological polar surface area (TPSA) is 58.1 Å². The molecule has 6 nitrogen and oxygen atoms in total. The van der Waals surface area contributed by atoms with E-state index in [1.54, 1.807) is 21.3 Å². The summed E-state index contributed by atoms with van der Waals surface area (Å²) >= 11 is 0. The van der Waals surface area contributed by atoms with Crippen molar-refractivity contribution in [1.29, 1.82) is 0 Å². The van der Waals surface area contributed by atoms with Gasteiger partial charge < -0.3 is 25.0 Å². The summed E-state index contributed by atoms with van der Waals surface area (Å²) < 4.78 is 10.8. The minimum Gasteiger partial charge on any atom is -0.497 e. The SMILES string of the molecule is CN=C(NCc1cccc(OC)c1)NC1CCN(c2ccccc2OC)C1.I. The standard InChI is InChI=1S/C21H28N4O2.HI/c1-22-21(23-14-16-7-6-8-18(13-16)26-2)24-17-11-12-25(15-17)19-9-4-5-10-20(19)27-3;/h4-10,13,17H,11-12,14-15H2,1-3H3,(H2,22,23,24);1H. The number of para-hydroxylation sites is 2. The van der Waals surface area contributed by atoms with Crippen LogP contribution in [0, 0.1) is 0 Å². The number of rotatable bonds is 6. The highest BCUT2D eigenvalue weighted by Gasteiger charge is 2.25. The van der Waals surface area contributed by atoms with Gasteiger partial charge in [-0.25, -0.2) is 0 Å². The number of hydrogen-bond acceptors (Lipinski definition) is 4. The zero-order valence-electron chi connectivity index (χ0n) is 16.6. The van der Waals surface area contributed by atoms with Crippen LogP contribution in [-0.2, 0) is 6.54 Å². The molecule has 3 rings (SSSR count). The van der Waals surface area contributed by atoms with Gasteiger partial charge in [0, 0.05) is 32.7 Å². The van der Waals surface area contributed by atoms with Crippen molar-refractivity contribution in [2.24, 2.45) is 4.99 Å². The van der Waals surface area contributed by atoms with E-state index in [1.165, 1.54) is 0 Å². The Hall–Kier alpha value is -2.16. The monoisotopic (exact) mass is 496 g/mol. The summed E-state index contributed by atoms with van der Waals surface area (Å²) in [7, 11) is 5.20. The third-order valence-electron chi connectivity index (χ3n) is 4.77. The number of guanidine groups is 1. The van der Waals surface area contributed by atoms with Gasteiger partial charge in [-0.1, -0.05) is 24.3 Å². The molecular formula is C21H29IN4O2. The second-order valence-electron chi connectivity index (χ2n) is 6.53. The van der Waals surface area contributed by atoms with E-state index in [1.807, 2.05) is 36.4 Å². The second-order valence-corrected chi connectivity index (χ2v) is 6.53. The number of aliphatic imine (C=N–C) groups is 1. The van der Waals surface area contributed by atoms with Gasteiger partial charge in [0.1, 0.15) is 11.5 Å². The molecule has 28 heavy (non-hydrogen) atoms. The zero-order valence-corrected chi connectivity index (χ0v) is 19.0. The minimum atomic E-state index is 0. The van der Waals surface area contributed by atoms with E-state index in [-0.39, 0.29) is 24.0 Å². The first kappa shape index (κ1) is 22.1. The van der Waals surface area contributed by atoms with Crippen molar-refractivity contribution in [1.82, 2.24) is 10.6 Å². The van der Waals surface area contributed by atoms with E-state index in [4.69, 9.17) is 9.47 Å². The molecule has 0 saturated carbocycles. The molecule has 0 radical (unpaired) electrons. The maximum atomic E-state index is 5.49. The molecule has 2 N–H and O–H groups in total. The molecule has 0 aromatic heterocycles. The van der Waals surface area contributed by atoms with E-state index in [9.17, 15) is 0 Å². The molecular weight excluding hydrogens is 467 g/mol. The van der Waals surface area contributed by atoms with Crippen molar-refractivity contribution in [2.45, 2.75) is 19.0 Å².